The van der Waals surface area contributed by atoms with Crippen molar-refractivity contribution in [1.29, 1.82) is 0 Å². The molecule has 0 aliphatic carbocycles. The minimum absolute atomic E-state index is 0.549. The number of nitrogens with two attached hydrogens (primary N) is 1. The average Bonchev–Trinajstić information content (AvgIpc) is 2.83. The molecule has 1 aromatic heterocycles. The molecule has 0 aliphatic rings. The molecule has 2 aromatic carbocycles. The van der Waals surface area contributed by atoms with E-state index in [2.05, 4.69) is 10.5 Å². The van der Waals surface area contributed by atoms with Gasteiger partial charge in [-0.05, 0) is 29.8 Å². The molecule has 0 spiro atoms. The Morgan fingerprint density at radius 3 is 2.61 bits per heavy atom. The Kier molecular flexibility index (Phi) is 2.70. The molecule has 0 bridgehead atoms. The molecule has 4 nitrogen and oxygen atoms in total. The predicted molar refractivity (Wildman–Crippen MR) is 71.6 cm³/mol. The monoisotopic (exact) mass is 239 g/mol. The van der Waals surface area contributed by atoms with Crippen molar-refractivity contribution in [3.63, 3.8) is 0 Å². The van der Waals surface area contributed by atoms with Crippen molar-refractivity contribution in [2.45, 2.75) is 6.54 Å². The highest BCUT2D eigenvalue weighted by atomic mass is 16.5. The van der Waals surface area contributed by atoms with E-state index in [1.165, 1.54) is 0 Å². The van der Waals surface area contributed by atoms with Gasteiger partial charge in [0.25, 0.3) is 0 Å². The summed E-state index contributed by atoms with van der Waals surface area (Å²) in [6.45, 7) is 0.549. The molecule has 0 fully saturated rings. The van der Waals surface area contributed by atoms with Gasteiger partial charge in [-0.1, -0.05) is 29.4 Å². The number of benzene rings is 2. The van der Waals surface area contributed by atoms with E-state index in [-0.39, 0.29) is 0 Å². The van der Waals surface area contributed by atoms with Crippen LogP contribution in [0.1, 0.15) is 5.56 Å². The van der Waals surface area contributed by atoms with Crippen LogP contribution in [-0.4, -0.2) is 5.16 Å². The summed E-state index contributed by atoms with van der Waals surface area (Å²) >= 11 is 0. The third-order valence-electron chi connectivity index (χ3n) is 2.83. The molecule has 0 aliphatic heterocycles. The molecule has 0 radical (unpaired) electrons. The Morgan fingerprint density at radius 1 is 1.06 bits per heavy atom. The van der Waals surface area contributed by atoms with Gasteiger partial charge in [-0.15, -0.1) is 0 Å². The van der Waals surface area contributed by atoms with Gasteiger partial charge in [-0.25, -0.2) is 0 Å². The van der Waals surface area contributed by atoms with Gasteiger partial charge in [0, 0.05) is 12.2 Å². The van der Waals surface area contributed by atoms with E-state index in [1.54, 1.807) is 0 Å². The smallest absolute Gasteiger partial charge is 0.181 e. The summed E-state index contributed by atoms with van der Waals surface area (Å²) in [4.78, 5) is 0. The van der Waals surface area contributed by atoms with Crippen LogP contribution in [0.3, 0.4) is 0 Å². The number of nitrogens with one attached hydrogen (secondary N) is 1. The van der Waals surface area contributed by atoms with E-state index in [0.717, 1.165) is 28.0 Å². The molecule has 0 unspecified atom stereocenters. The molecule has 3 aromatic rings. The van der Waals surface area contributed by atoms with Crippen molar-refractivity contribution in [2.24, 2.45) is 5.73 Å². The highest BCUT2D eigenvalue weighted by Crippen LogP contribution is 2.25. The number of hydrogen-bond acceptors (Lipinski definition) is 4. The second-order valence-electron chi connectivity index (χ2n) is 4.05. The van der Waals surface area contributed by atoms with Crippen molar-refractivity contribution < 1.29 is 4.52 Å². The first-order chi connectivity index (χ1) is 8.86. The number of hydrogen-bond donors (Lipinski definition) is 2. The fraction of sp³-hybridized carbons (Fsp3) is 0.0714. The third kappa shape index (κ3) is 1.94. The molecular weight excluding hydrogens is 226 g/mol. The molecule has 90 valence electrons. The van der Waals surface area contributed by atoms with Gasteiger partial charge in [0.2, 0.25) is 0 Å². The van der Waals surface area contributed by atoms with E-state index in [9.17, 15) is 0 Å². The normalized spacial score (nSPS) is 10.7. The van der Waals surface area contributed by atoms with Crippen molar-refractivity contribution in [3.05, 3.63) is 54.1 Å². The van der Waals surface area contributed by atoms with Gasteiger partial charge in [0.1, 0.15) is 0 Å². The molecule has 4 heteroatoms. The minimum Gasteiger partial charge on any atom is -0.354 e. The third-order valence-corrected chi connectivity index (χ3v) is 2.83. The molecule has 3 N–H and O–H groups in total. The second kappa shape index (κ2) is 4.50. The number of fused-ring (bicyclic) bond motifs is 1. The van der Waals surface area contributed by atoms with Crippen LogP contribution in [0.25, 0.3) is 11.0 Å². The molecule has 18 heavy (non-hydrogen) atoms. The number of nitrogens with zero attached hydrogens (tertiary/aromatic N) is 1. The molecular formula is C14H13N3O. The fourth-order valence-electron chi connectivity index (χ4n) is 1.84. The summed E-state index contributed by atoms with van der Waals surface area (Å²) in [7, 11) is 0. The Hall–Kier alpha value is -2.33. The van der Waals surface area contributed by atoms with Crippen LogP contribution in [0.2, 0.25) is 0 Å². The molecule has 0 atom stereocenters. The van der Waals surface area contributed by atoms with E-state index < -0.39 is 0 Å². The second-order valence-corrected chi connectivity index (χ2v) is 4.05. The maximum Gasteiger partial charge on any atom is 0.181 e. The van der Waals surface area contributed by atoms with E-state index in [4.69, 9.17) is 10.3 Å². The number of aromatic nitrogens is 1. The lowest BCUT2D eigenvalue weighted by Gasteiger charge is -2.03. The summed E-state index contributed by atoms with van der Waals surface area (Å²) < 4.78 is 5.23. The topological polar surface area (TPSA) is 64.1 Å². The van der Waals surface area contributed by atoms with Gasteiger partial charge < -0.3 is 15.6 Å². The van der Waals surface area contributed by atoms with E-state index >= 15 is 0 Å². The maximum atomic E-state index is 5.56. The van der Waals surface area contributed by atoms with Crippen molar-refractivity contribution in [1.82, 2.24) is 5.16 Å². The Bertz CT molecular complexity index is 658. The van der Waals surface area contributed by atoms with Crippen LogP contribution in [-0.2, 0) is 6.54 Å². The number of anilines is 2. The maximum absolute atomic E-state index is 5.56. The Balaban J connectivity index is 1.91. The first kappa shape index (κ1) is 10.8. The molecule has 0 saturated heterocycles. The van der Waals surface area contributed by atoms with Crippen LogP contribution < -0.4 is 11.1 Å². The SMILES string of the molecule is NCc1ccc(Nc2noc3ccccc23)cc1. The fourth-order valence-corrected chi connectivity index (χ4v) is 1.84. The summed E-state index contributed by atoms with van der Waals surface area (Å²) in [5.41, 5.74) is 8.41. The Morgan fingerprint density at radius 2 is 1.83 bits per heavy atom. The molecule has 0 saturated carbocycles. The van der Waals surface area contributed by atoms with Crippen LogP contribution >= 0.6 is 0 Å². The Labute approximate surface area is 104 Å². The summed E-state index contributed by atoms with van der Waals surface area (Å²) in [5.74, 6) is 0.728. The zero-order valence-electron chi connectivity index (χ0n) is 9.76. The first-order valence-corrected chi connectivity index (χ1v) is 5.77. The lowest BCUT2D eigenvalue weighted by Crippen LogP contribution is -1.96. The zero-order chi connectivity index (χ0) is 12.4. The first-order valence-electron chi connectivity index (χ1n) is 5.77. The quantitative estimate of drug-likeness (QED) is 0.737. The molecule has 0 amide bonds. The summed E-state index contributed by atoms with van der Waals surface area (Å²) in [6, 6.07) is 15.7. The highest BCUT2D eigenvalue weighted by molar-refractivity contribution is 5.89. The predicted octanol–water partition coefficient (Wildman–Crippen LogP) is 3.03. The number of para-hydroxylation sites is 1. The van der Waals surface area contributed by atoms with E-state index in [1.807, 2.05) is 48.5 Å². The molecule has 3 rings (SSSR count). The average molecular weight is 239 g/mol. The van der Waals surface area contributed by atoms with Crippen molar-refractivity contribution >= 4 is 22.5 Å². The van der Waals surface area contributed by atoms with Gasteiger partial charge in [0.05, 0.1) is 5.39 Å². The lowest BCUT2D eigenvalue weighted by molar-refractivity contribution is 0.460. The largest absolute Gasteiger partial charge is 0.354 e. The zero-order valence-corrected chi connectivity index (χ0v) is 9.76. The van der Waals surface area contributed by atoms with Gasteiger partial charge in [-0.2, -0.15) is 0 Å². The van der Waals surface area contributed by atoms with Gasteiger partial charge >= 0.3 is 0 Å². The van der Waals surface area contributed by atoms with Gasteiger partial charge in [0.15, 0.2) is 11.4 Å². The number of rotatable bonds is 3. The van der Waals surface area contributed by atoms with Crippen LogP contribution in [0.4, 0.5) is 11.5 Å². The van der Waals surface area contributed by atoms with Crippen LogP contribution in [0, 0.1) is 0 Å². The van der Waals surface area contributed by atoms with Crippen LogP contribution in [0.15, 0.2) is 53.1 Å². The van der Waals surface area contributed by atoms with Crippen LogP contribution in [0.5, 0.6) is 0 Å². The summed E-state index contributed by atoms with van der Waals surface area (Å²) in [6.07, 6.45) is 0. The summed E-state index contributed by atoms with van der Waals surface area (Å²) in [5, 5.41) is 8.23. The molecule has 1 heterocycles. The van der Waals surface area contributed by atoms with Gasteiger partial charge in [-0.3, -0.25) is 0 Å². The lowest BCUT2D eigenvalue weighted by atomic mass is 10.2. The van der Waals surface area contributed by atoms with Crippen molar-refractivity contribution in [3.8, 4) is 0 Å². The van der Waals surface area contributed by atoms with Crippen molar-refractivity contribution in [2.75, 3.05) is 5.32 Å². The van der Waals surface area contributed by atoms with E-state index in [0.29, 0.717) is 6.54 Å². The highest BCUT2D eigenvalue weighted by Gasteiger charge is 2.06. The minimum atomic E-state index is 0.549. The standard InChI is InChI=1S/C14H13N3O/c15-9-10-5-7-11(8-6-10)16-14-12-3-1-2-4-13(12)18-17-14/h1-8H,9,15H2,(H,16,17).